The number of aromatic amines is 1. The summed E-state index contributed by atoms with van der Waals surface area (Å²) in [7, 11) is 0. The first-order valence-corrected chi connectivity index (χ1v) is 14.7. The number of aliphatic hydroxyl groups is 1. The molecule has 1 unspecified atom stereocenters. The molecule has 3 aromatic carbocycles. The van der Waals surface area contributed by atoms with Crippen molar-refractivity contribution < 1.29 is 9.90 Å². The second kappa shape index (κ2) is 10.9. The van der Waals surface area contributed by atoms with E-state index < -0.39 is 12.0 Å². The molecule has 2 aliphatic rings. The van der Waals surface area contributed by atoms with Gasteiger partial charge in [-0.05, 0) is 77.6 Å². The molecule has 1 aliphatic carbocycles. The van der Waals surface area contributed by atoms with Gasteiger partial charge in [0, 0.05) is 11.6 Å². The molecule has 1 fully saturated rings. The molecule has 1 saturated carbocycles. The van der Waals surface area contributed by atoms with Crippen molar-refractivity contribution >= 4 is 17.5 Å². The number of H-pyrrole nitrogens is 1. The first-order chi connectivity index (χ1) is 19.7. The highest BCUT2D eigenvalue weighted by Crippen LogP contribution is 2.52. The summed E-state index contributed by atoms with van der Waals surface area (Å²) in [6.07, 6.45) is 1.82. The molecule has 2 N–H and O–H groups in total. The maximum Gasteiger partial charge on any atom is 0.256 e. The van der Waals surface area contributed by atoms with Crippen molar-refractivity contribution in [1.82, 2.24) is 14.9 Å². The van der Waals surface area contributed by atoms with Crippen LogP contribution in [0, 0.1) is 0 Å². The number of hydrogen-bond acceptors (Lipinski definition) is 4. The molecule has 0 spiro atoms. The predicted molar refractivity (Wildman–Crippen MR) is 161 cm³/mol. The predicted octanol–water partition coefficient (Wildman–Crippen LogP) is 6.30. The Morgan fingerprint density at radius 2 is 1.71 bits per heavy atom. The maximum atomic E-state index is 13.5. The number of benzene rings is 3. The van der Waals surface area contributed by atoms with E-state index in [-0.39, 0.29) is 17.5 Å². The van der Waals surface area contributed by atoms with Crippen molar-refractivity contribution in [2.24, 2.45) is 0 Å². The lowest BCUT2D eigenvalue weighted by Gasteiger charge is -2.24. The number of aliphatic hydroxyl groups excluding tert-OH is 1. The summed E-state index contributed by atoms with van der Waals surface area (Å²) < 4.78 is 0. The van der Waals surface area contributed by atoms with Crippen molar-refractivity contribution in [3.8, 4) is 11.1 Å². The molecule has 1 amide bonds. The molecule has 2 heterocycles. The van der Waals surface area contributed by atoms with Crippen LogP contribution < -0.4 is 5.56 Å². The molecule has 210 valence electrons. The number of carbonyl (C=O) groups is 1. The van der Waals surface area contributed by atoms with Gasteiger partial charge in [-0.25, -0.2) is 4.98 Å². The maximum absolute atomic E-state index is 13.5. The fourth-order valence-electron chi connectivity index (χ4n) is 5.89. The zero-order valence-electron chi connectivity index (χ0n) is 23.4. The minimum Gasteiger partial charge on any atom is -0.378 e. The molecular formula is C34H34ClN3O3. The van der Waals surface area contributed by atoms with Crippen molar-refractivity contribution in [3.05, 3.63) is 122 Å². The van der Waals surface area contributed by atoms with Gasteiger partial charge in [0.15, 0.2) is 6.10 Å². The summed E-state index contributed by atoms with van der Waals surface area (Å²) in [4.78, 5) is 36.6. The van der Waals surface area contributed by atoms with E-state index in [0.29, 0.717) is 41.5 Å². The van der Waals surface area contributed by atoms with Gasteiger partial charge in [-0.2, -0.15) is 0 Å². The van der Waals surface area contributed by atoms with E-state index in [4.69, 9.17) is 16.6 Å². The van der Waals surface area contributed by atoms with Gasteiger partial charge in [0.1, 0.15) is 5.82 Å². The van der Waals surface area contributed by atoms with Crippen molar-refractivity contribution in [2.75, 3.05) is 6.54 Å². The lowest BCUT2D eigenvalue weighted by atomic mass is 9.90. The highest BCUT2D eigenvalue weighted by Gasteiger charge is 2.49. The number of halogens is 1. The van der Waals surface area contributed by atoms with E-state index >= 15 is 0 Å². The van der Waals surface area contributed by atoms with Gasteiger partial charge >= 0.3 is 0 Å². The number of fused-ring (bicyclic) bond motifs is 1. The van der Waals surface area contributed by atoms with E-state index in [1.807, 2.05) is 36.4 Å². The third-order valence-electron chi connectivity index (χ3n) is 8.51. The number of nitrogens with one attached hydrogen (secondary N) is 1. The second-order valence-electron chi connectivity index (χ2n) is 11.6. The summed E-state index contributed by atoms with van der Waals surface area (Å²) in [5.41, 5.74) is 5.53. The topological polar surface area (TPSA) is 86.3 Å². The van der Waals surface area contributed by atoms with E-state index in [9.17, 15) is 14.7 Å². The third kappa shape index (κ3) is 5.34. The lowest BCUT2D eigenvalue weighted by Crippen LogP contribution is -2.36. The zero-order chi connectivity index (χ0) is 28.7. The summed E-state index contributed by atoms with van der Waals surface area (Å²) >= 11 is 6.16. The molecular weight excluding hydrogens is 534 g/mol. The molecule has 7 heteroatoms. The highest BCUT2D eigenvalue weighted by atomic mass is 35.5. The van der Waals surface area contributed by atoms with Crippen molar-refractivity contribution in [1.29, 1.82) is 0 Å². The van der Waals surface area contributed by atoms with Crippen LogP contribution >= 0.6 is 11.6 Å². The Morgan fingerprint density at radius 3 is 2.44 bits per heavy atom. The van der Waals surface area contributed by atoms with Crippen molar-refractivity contribution in [2.45, 2.75) is 63.5 Å². The van der Waals surface area contributed by atoms with Crippen LogP contribution in [0.25, 0.3) is 11.1 Å². The van der Waals surface area contributed by atoms with Gasteiger partial charge in [-0.15, -0.1) is 0 Å². The smallest absolute Gasteiger partial charge is 0.256 e. The largest absolute Gasteiger partial charge is 0.378 e. The Hall–Kier alpha value is -3.74. The van der Waals surface area contributed by atoms with Gasteiger partial charge in [0.05, 0.1) is 23.2 Å². The van der Waals surface area contributed by atoms with Crippen LogP contribution in [0.3, 0.4) is 0 Å². The molecule has 0 saturated heterocycles. The zero-order valence-corrected chi connectivity index (χ0v) is 24.1. The number of amides is 1. The molecule has 4 aromatic rings. The molecule has 6 nitrogen and oxygen atoms in total. The number of nitrogens with zero attached hydrogens (tertiary/aromatic N) is 2. The van der Waals surface area contributed by atoms with E-state index in [2.05, 4.69) is 43.1 Å². The van der Waals surface area contributed by atoms with Gasteiger partial charge < -0.3 is 15.0 Å². The van der Waals surface area contributed by atoms with Crippen LogP contribution in [0.5, 0.6) is 0 Å². The van der Waals surface area contributed by atoms with Crippen molar-refractivity contribution in [3.63, 3.8) is 0 Å². The third-order valence-corrected chi connectivity index (χ3v) is 8.74. The highest BCUT2D eigenvalue weighted by molar-refractivity contribution is 6.30. The summed E-state index contributed by atoms with van der Waals surface area (Å²) in [5, 5.41) is 11.7. The number of aromatic nitrogens is 2. The minimum absolute atomic E-state index is 0.123. The number of carbonyl (C=O) groups excluding carboxylic acids is 1. The van der Waals surface area contributed by atoms with Crippen LogP contribution in [0.2, 0.25) is 5.02 Å². The minimum atomic E-state index is -1.34. The molecule has 1 aliphatic heterocycles. The lowest BCUT2D eigenvalue weighted by molar-refractivity contribution is -0.141. The molecule has 0 bridgehead atoms. The molecule has 6 rings (SSSR count). The number of hydrogen-bond donors (Lipinski definition) is 2. The monoisotopic (exact) mass is 567 g/mol. The van der Waals surface area contributed by atoms with Gasteiger partial charge in [0.2, 0.25) is 0 Å². The average molecular weight is 568 g/mol. The Balaban J connectivity index is 1.25. The Morgan fingerprint density at radius 1 is 1.00 bits per heavy atom. The normalized spacial score (nSPS) is 16.7. The summed E-state index contributed by atoms with van der Waals surface area (Å²) in [5.74, 6) is 0.719. The fraction of sp³-hybridized carbons (Fsp3) is 0.324. The SMILES string of the molecule is CC(C)c1cccc(C2(c3nc4c(c(=O)[nH]3)CN(C(=O)C(O)c3cccc(-c5cccc(Cl)c5)c3)CCC4)CC2)c1. The first-order valence-electron chi connectivity index (χ1n) is 14.3. The van der Waals surface area contributed by atoms with E-state index in [1.54, 1.807) is 17.0 Å². The van der Waals surface area contributed by atoms with Crippen LogP contribution in [0.4, 0.5) is 0 Å². The molecule has 1 atom stereocenters. The van der Waals surface area contributed by atoms with Crippen LogP contribution in [-0.2, 0) is 23.2 Å². The van der Waals surface area contributed by atoms with E-state index in [1.165, 1.54) is 11.1 Å². The molecule has 41 heavy (non-hydrogen) atoms. The van der Waals surface area contributed by atoms with Crippen LogP contribution in [0.1, 0.15) is 78.9 Å². The van der Waals surface area contributed by atoms with Crippen LogP contribution in [0.15, 0.2) is 77.6 Å². The summed E-state index contributed by atoms with van der Waals surface area (Å²) in [6, 6.07) is 23.4. The Kier molecular flexibility index (Phi) is 7.30. The number of aryl methyl sites for hydroxylation is 1. The first kappa shape index (κ1) is 27.4. The van der Waals surface area contributed by atoms with E-state index in [0.717, 1.165) is 35.5 Å². The molecule has 1 aromatic heterocycles. The average Bonchev–Trinajstić information content (AvgIpc) is 3.81. The fourth-order valence-corrected chi connectivity index (χ4v) is 6.08. The van der Waals surface area contributed by atoms with Gasteiger partial charge in [-0.1, -0.05) is 80.0 Å². The number of rotatable bonds is 6. The van der Waals surface area contributed by atoms with Gasteiger partial charge in [-0.3, -0.25) is 9.59 Å². The quantitative estimate of drug-likeness (QED) is 0.286. The summed E-state index contributed by atoms with van der Waals surface area (Å²) in [6.45, 7) is 4.93. The Bertz CT molecular complexity index is 1670. The van der Waals surface area contributed by atoms with Crippen LogP contribution in [-0.4, -0.2) is 32.4 Å². The Labute approximate surface area is 245 Å². The standard InChI is InChI=1S/C34H34ClN3O3/c1-21(2)22-7-4-11-26(18-22)34(14-15-34)33-36-29-13-6-16-38(20-28(29)31(40)37-33)32(41)30(39)25-10-3-8-23(17-25)24-9-5-12-27(35)19-24/h3-5,7-12,17-19,21,30,39H,6,13-16,20H2,1-2H3,(H,36,37,40). The second-order valence-corrected chi connectivity index (χ2v) is 12.0. The molecule has 0 radical (unpaired) electrons. The van der Waals surface area contributed by atoms with Gasteiger partial charge in [0.25, 0.3) is 11.5 Å².